The van der Waals surface area contributed by atoms with Gasteiger partial charge in [0.25, 0.3) is 5.91 Å². The molecule has 0 unspecified atom stereocenters. The molecule has 1 aromatic carbocycles. The maximum absolute atomic E-state index is 12.4. The van der Waals surface area contributed by atoms with Gasteiger partial charge in [-0.3, -0.25) is 9.10 Å². The summed E-state index contributed by atoms with van der Waals surface area (Å²) in [6.07, 6.45) is 2.12. The van der Waals surface area contributed by atoms with E-state index in [2.05, 4.69) is 0 Å². The second kappa shape index (κ2) is 8.45. The number of piperazine rings is 1. The van der Waals surface area contributed by atoms with Crippen LogP contribution in [0.25, 0.3) is 0 Å². The number of anilines is 1. The smallest absolute Gasteiger partial charge is 0.340 e. The highest BCUT2D eigenvalue weighted by atomic mass is 32.2. The second-order valence-corrected chi connectivity index (χ2v) is 10.4. The molecule has 156 valence electrons. The van der Waals surface area contributed by atoms with Crippen LogP contribution in [0.5, 0.6) is 0 Å². The van der Waals surface area contributed by atoms with Crippen LogP contribution in [0.15, 0.2) is 24.3 Å². The molecule has 10 nitrogen and oxygen atoms in total. The molecule has 2 rings (SSSR count). The monoisotopic (exact) mass is 433 g/mol. The Bertz CT molecular complexity index is 952. The van der Waals surface area contributed by atoms with Crippen molar-refractivity contribution in [1.29, 1.82) is 0 Å². The predicted molar refractivity (Wildman–Crippen MR) is 103 cm³/mol. The van der Waals surface area contributed by atoms with E-state index in [1.54, 1.807) is 12.1 Å². The average molecular weight is 434 g/mol. The largest absolute Gasteiger partial charge is 0.452 e. The first-order valence-corrected chi connectivity index (χ1v) is 12.0. The average Bonchev–Trinajstić information content (AvgIpc) is 2.63. The van der Waals surface area contributed by atoms with E-state index in [4.69, 9.17) is 4.74 Å². The second-order valence-electron chi connectivity index (χ2n) is 6.37. The number of benzene rings is 1. The van der Waals surface area contributed by atoms with Crippen molar-refractivity contribution in [2.45, 2.75) is 0 Å². The summed E-state index contributed by atoms with van der Waals surface area (Å²) in [6, 6.07) is 6.02. The number of ether oxygens (including phenoxy) is 1. The van der Waals surface area contributed by atoms with E-state index in [1.807, 2.05) is 0 Å². The Morgan fingerprint density at radius 3 is 2.14 bits per heavy atom. The van der Waals surface area contributed by atoms with E-state index in [-0.39, 0.29) is 37.4 Å². The van der Waals surface area contributed by atoms with Crippen LogP contribution >= 0.6 is 0 Å². The number of carbonyl (C=O) groups is 2. The molecule has 1 heterocycles. The Labute approximate surface area is 164 Å². The maximum atomic E-state index is 12.4. The number of esters is 1. The molecule has 0 radical (unpaired) electrons. The molecule has 12 heteroatoms. The van der Waals surface area contributed by atoms with Gasteiger partial charge in [0.15, 0.2) is 6.61 Å². The number of amides is 1. The van der Waals surface area contributed by atoms with E-state index in [1.165, 1.54) is 28.4 Å². The van der Waals surface area contributed by atoms with Crippen molar-refractivity contribution < 1.29 is 31.2 Å². The summed E-state index contributed by atoms with van der Waals surface area (Å²) >= 11 is 0. The van der Waals surface area contributed by atoms with Gasteiger partial charge in [0.05, 0.1) is 23.8 Å². The van der Waals surface area contributed by atoms with Gasteiger partial charge in [-0.15, -0.1) is 0 Å². The van der Waals surface area contributed by atoms with Crippen LogP contribution in [0.3, 0.4) is 0 Å². The number of sulfonamides is 2. The van der Waals surface area contributed by atoms with Gasteiger partial charge in [-0.25, -0.2) is 21.6 Å². The number of nitrogens with zero attached hydrogens (tertiary/aromatic N) is 3. The molecule has 1 amide bonds. The van der Waals surface area contributed by atoms with Crippen LogP contribution in [-0.2, 0) is 29.6 Å². The normalized spacial score (nSPS) is 15.9. The molecule has 1 fully saturated rings. The molecule has 0 spiro atoms. The molecular formula is C16H23N3O7S2. The SMILES string of the molecule is CN(c1ccccc1C(=O)OCC(=O)N1CCN(S(C)(=O)=O)CC1)S(C)(=O)=O. The quantitative estimate of drug-likeness (QED) is 0.546. The van der Waals surface area contributed by atoms with Crippen molar-refractivity contribution >= 4 is 37.6 Å². The number of carbonyl (C=O) groups excluding carboxylic acids is 2. The molecule has 1 aliphatic rings. The molecule has 28 heavy (non-hydrogen) atoms. The zero-order valence-corrected chi connectivity index (χ0v) is 17.5. The Kier molecular flexibility index (Phi) is 6.67. The fourth-order valence-corrected chi connectivity index (χ4v) is 4.01. The minimum Gasteiger partial charge on any atom is -0.452 e. The topological polar surface area (TPSA) is 121 Å². The lowest BCUT2D eigenvalue weighted by Crippen LogP contribution is -2.51. The molecule has 0 N–H and O–H groups in total. The molecule has 0 aromatic heterocycles. The van der Waals surface area contributed by atoms with E-state index in [0.29, 0.717) is 0 Å². The van der Waals surface area contributed by atoms with Gasteiger partial charge in [-0.05, 0) is 12.1 Å². The molecular weight excluding hydrogens is 410 g/mol. The van der Waals surface area contributed by atoms with Crippen molar-refractivity contribution in [3.05, 3.63) is 29.8 Å². The number of hydrogen-bond acceptors (Lipinski definition) is 7. The fourth-order valence-electron chi connectivity index (χ4n) is 2.66. The highest BCUT2D eigenvalue weighted by Gasteiger charge is 2.27. The maximum Gasteiger partial charge on any atom is 0.340 e. The summed E-state index contributed by atoms with van der Waals surface area (Å²) in [5, 5.41) is 0. The van der Waals surface area contributed by atoms with Crippen LogP contribution in [0.4, 0.5) is 5.69 Å². The van der Waals surface area contributed by atoms with Gasteiger partial charge in [0.1, 0.15) is 0 Å². The van der Waals surface area contributed by atoms with Crippen molar-refractivity contribution in [2.24, 2.45) is 0 Å². The summed E-state index contributed by atoms with van der Waals surface area (Å²) in [6.45, 7) is 0.253. The minimum atomic E-state index is -3.58. The van der Waals surface area contributed by atoms with Gasteiger partial charge in [0.2, 0.25) is 20.0 Å². The molecule has 0 aliphatic carbocycles. The van der Waals surface area contributed by atoms with Gasteiger partial charge in [-0.2, -0.15) is 4.31 Å². The van der Waals surface area contributed by atoms with Crippen LogP contribution in [-0.4, -0.2) is 90.3 Å². The summed E-state index contributed by atoms with van der Waals surface area (Å²) in [5.41, 5.74) is 0.161. The summed E-state index contributed by atoms with van der Waals surface area (Å²) in [4.78, 5) is 26.0. The highest BCUT2D eigenvalue weighted by molar-refractivity contribution is 7.92. The Balaban J connectivity index is 1.99. The zero-order valence-electron chi connectivity index (χ0n) is 15.9. The van der Waals surface area contributed by atoms with Gasteiger partial charge in [0, 0.05) is 33.2 Å². The molecule has 0 saturated carbocycles. The third-order valence-corrected chi connectivity index (χ3v) is 6.84. The van der Waals surface area contributed by atoms with Crippen LogP contribution < -0.4 is 4.31 Å². The molecule has 0 atom stereocenters. The Morgan fingerprint density at radius 2 is 1.61 bits per heavy atom. The minimum absolute atomic E-state index is 0.0186. The third kappa shape index (κ3) is 5.42. The third-order valence-electron chi connectivity index (χ3n) is 4.35. The fraction of sp³-hybridized carbons (Fsp3) is 0.500. The lowest BCUT2D eigenvalue weighted by Gasteiger charge is -2.33. The van der Waals surface area contributed by atoms with E-state index in [9.17, 15) is 26.4 Å². The van der Waals surface area contributed by atoms with E-state index in [0.717, 1.165) is 16.8 Å². The summed E-state index contributed by atoms with van der Waals surface area (Å²) < 4.78 is 53.8. The van der Waals surface area contributed by atoms with Crippen molar-refractivity contribution in [3.63, 3.8) is 0 Å². The highest BCUT2D eigenvalue weighted by Crippen LogP contribution is 2.22. The van der Waals surface area contributed by atoms with Crippen LogP contribution in [0.1, 0.15) is 10.4 Å². The number of rotatable bonds is 6. The molecule has 1 saturated heterocycles. The van der Waals surface area contributed by atoms with Crippen molar-refractivity contribution in [1.82, 2.24) is 9.21 Å². The number of hydrogen-bond donors (Lipinski definition) is 0. The van der Waals surface area contributed by atoms with Crippen molar-refractivity contribution in [3.8, 4) is 0 Å². The first-order valence-electron chi connectivity index (χ1n) is 8.34. The van der Waals surface area contributed by atoms with E-state index < -0.39 is 38.5 Å². The summed E-state index contributed by atoms with van der Waals surface area (Å²) in [7, 11) is -5.57. The zero-order chi connectivity index (χ0) is 21.1. The Morgan fingerprint density at radius 1 is 1.04 bits per heavy atom. The van der Waals surface area contributed by atoms with Crippen LogP contribution in [0, 0.1) is 0 Å². The first-order chi connectivity index (χ1) is 12.9. The van der Waals surface area contributed by atoms with E-state index >= 15 is 0 Å². The predicted octanol–water partition coefficient (Wildman–Crippen LogP) is -0.657. The first kappa shape index (κ1) is 22.1. The van der Waals surface area contributed by atoms with Gasteiger partial charge in [-0.1, -0.05) is 12.1 Å². The molecule has 1 aliphatic heterocycles. The standard InChI is InChI=1S/C16H23N3O7S2/c1-17(27(2,22)23)14-7-5-4-6-13(14)16(21)26-12-15(20)18-8-10-19(11-9-18)28(3,24)25/h4-7H,8-12H2,1-3H3. The lowest BCUT2D eigenvalue weighted by molar-refractivity contribution is -0.135. The molecule has 0 bridgehead atoms. The molecule has 1 aromatic rings. The number of para-hydroxylation sites is 1. The van der Waals surface area contributed by atoms with Gasteiger partial charge >= 0.3 is 5.97 Å². The lowest BCUT2D eigenvalue weighted by atomic mass is 10.2. The summed E-state index contributed by atoms with van der Waals surface area (Å²) in [5.74, 6) is -1.27. The Hall–Kier alpha value is -2.18. The van der Waals surface area contributed by atoms with Gasteiger partial charge < -0.3 is 9.64 Å². The van der Waals surface area contributed by atoms with Crippen LogP contribution in [0.2, 0.25) is 0 Å². The van der Waals surface area contributed by atoms with Crippen molar-refractivity contribution in [2.75, 3.05) is 56.7 Å².